The molecule has 0 saturated carbocycles. The fraction of sp³-hybridized carbons (Fsp3) is 0.286. The summed E-state index contributed by atoms with van der Waals surface area (Å²) in [6.07, 6.45) is 10.8. The summed E-state index contributed by atoms with van der Waals surface area (Å²) in [6, 6.07) is 25.6. The van der Waals surface area contributed by atoms with Crippen LogP contribution in [-0.4, -0.2) is 60.0 Å². The average molecular weight is 914 g/mol. The molecule has 7 aromatic rings. The van der Waals surface area contributed by atoms with Gasteiger partial charge in [-0.2, -0.15) is 0 Å². The molecule has 17 nitrogen and oxygen atoms in total. The standard InChI is InChI=1S/C42H43N7O10S2.2Na/c50-41-35-14-8-10-16-37(35)43-39(30-18-22-33(23-19-30)58-60(52,53)54)48(41)27-13-7-5-3-1-2-4-6-12-26-47-28-32(45-46-47)29-49-40(44-38-17-11-9-15-36(38)42(49)51)31-20-24-34(25-21-31)59-61(55,56)57;;/h8-11,14-25,28H,1-7,12-13,26-27,29H2,(H,52,53,54)(H,55,56,57);;/q;2*+1/p-2. The fourth-order valence-electron chi connectivity index (χ4n) is 7.15. The molecule has 7 rings (SSSR count). The zero-order valence-electron chi connectivity index (χ0n) is 34.8. The SMILES string of the molecule is O=c1c2ccccc2nc(-c2ccc(OS(=O)(=O)[O-])cc2)n1CCCCCCCCCCCn1cc(Cn2c(-c3ccc(OS(=O)(=O)[O-])cc3)nc3ccccc3c2=O)nn1.[Na+].[Na+]. The van der Waals surface area contributed by atoms with E-state index in [9.17, 15) is 35.5 Å². The van der Waals surface area contributed by atoms with Gasteiger partial charge in [-0.1, -0.05) is 74.4 Å². The molecular formula is C42H41N7Na2O10S2. The molecule has 0 atom stereocenters. The van der Waals surface area contributed by atoms with Crippen LogP contribution in [0.15, 0.2) is 113 Å². The van der Waals surface area contributed by atoms with E-state index >= 15 is 0 Å². The molecule has 0 bridgehead atoms. The largest absolute Gasteiger partial charge is 1.00 e. The zero-order valence-corrected chi connectivity index (χ0v) is 40.5. The van der Waals surface area contributed by atoms with Gasteiger partial charge in [-0.25, -0.2) is 26.8 Å². The Balaban J connectivity index is 0.00000374. The summed E-state index contributed by atoms with van der Waals surface area (Å²) >= 11 is 0. The minimum Gasteiger partial charge on any atom is -0.716 e. The number of fused-ring (bicyclic) bond motifs is 2. The summed E-state index contributed by atoms with van der Waals surface area (Å²) in [5, 5.41) is 9.52. The Bertz CT molecular complexity index is 3000. The van der Waals surface area contributed by atoms with Crippen LogP contribution in [0.3, 0.4) is 0 Å². The van der Waals surface area contributed by atoms with Gasteiger partial charge in [-0.05, 0) is 85.6 Å². The third kappa shape index (κ3) is 13.6. The average Bonchev–Trinajstić information content (AvgIpc) is 3.68. The van der Waals surface area contributed by atoms with Crippen LogP contribution in [0.1, 0.15) is 63.5 Å². The van der Waals surface area contributed by atoms with E-state index in [-0.39, 0.29) is 88.3 Å². The van der Waals surface area contributed by atoms with Gasteiger partial charge in [0.1, 0.15) is 28.8 Å². The normalized spacial score (nSPS) is 11.6. The summed E-state index contributed by atoms with van der Waals surface area (Å²) in [7, 11) is -9.86. The number of unbranched alkanes of at least 4 members (excludes halogenated alkanes) is 8. The van der Waals surface area contributed by atoms with Gasteiger partial charge in [0.15, 0.2) is 0 Å². The van der Waals surface area contributed by atoms with Crippen molar-refractivity contribution in [2.75, 3.05) is 0 Å². The third-order valence-electron chi connectivity index (χ3n) is 10.0. The fourth-order valence-corrected chi connectivity index (χ4v) is 7.84. The molecule has 318 valence electrons. The molecule has 0 saturated heterocycles. The van der Waals surface area contributed by atoms with Crippen LogP contribution >= 0.6 is 0 Å². The summed E-state index contributed by atoms with van der Waals surface area (Å²) in [5.41, 5.74) is 2.27. The Morgan fingerprint density at radius 1 is 0.524 bits per heavy atom. The molecule has 3 aromatic heterocycles. The Labute approximate surface area is 408 Å². The molecule has 0 unspecified atom stereocenters. The number of hydrogen-bond donors (Lipinski definition) is 0. The number of nitrogens with zero attached hydrogens (tertiary/aromatic N) is 7. The van der Waals surface area contributed by atoms with Crippen LogP contribution in [0.5, 0.6) is 11.5 Å². The van der Waals surface area contributed by atoms with Crippen LogP contribution in [0.4, 0.5) is 0 Å². The molecule has 3 heterocycles. The topological polar surface area (TPSA) is 233 Å². The van der Waals surface area contributed by atoms with Crippen molar-refractivity contribution in [3.63, 3.8) is 0 Å². The van der Waals surface area contributed by atoms with Gasteiger partial charge in [-0.3, -0.25) is 23.4 Å². The first kappa shape index (κ1) is 49.7. The molecule has 21 heteroatoms. The number of benzene rings is 4. The van der Waals surface area contributed by atoms with Crippen LogP contribution < -0.4 is 78.6 Å². The third-order valence-corrected chi connectivity index (χ3v) is 10.8. The molecule has 63 heavy (non-hydrogen) atoms. The molecule has 0 fully saturated rings. The van der Waals surface area contributed by atoms with Crippen LogP contribution in [0.25, 0.3) is 44.6 Å². The Morgan fingerprint density at radius 3 is 1.41 bits per heavy atom. The predicted octanol–water partition coefficient (Wildman–Crippen LogP) is -0.0227. The quantitative estimate of drug-likeness (QED) is 0.0424. The number of aryl methyl sites for hydroxylation is 1. The first-order chi connectivity index (χ1) is 29.3. The zero-order chi connectivity index (χ0) is 43.0. The number of rotatable bonds is 20. The Hall–Kier alpha value is -4.28. The molecule has 0 amide bonds. The van der Waals surface area contributed by atoms with Gasteiger partial charge in [0.25, 0.3) is 31.9 Å². The van der Waals surface area contributed by atoms with E-state index in [1.165, 1.54) is 41.0 Å². The van der Waals surface area contributed by atoms with Crippen molar-refractivity contribution in [2.45, 2.75) is 77.4 Å². The monoisotopic (exact) mass is 913 g/mol. The van der Waals surface area contributed by atoms with Gasteiger partial charge >= 0.3 is 59.1 Å². The van der Waals surface area contributed by atoms with Crippen LogP contribution in [-0.2, 0) is 40.4 Å². The summed E-state index contributed by atoms with van der Waals surface area (Å²) < 4.78 is 79.8. The molecular weight excluding hydrogens is 873 g/mol. The molecule has 0 aliphatic heterocycles. The van der Waals surface area contributed by atoms with Crippen molar-refractivity contribution in [3.05, 3.63) is 130 Å². The van der Waals surface area contributed by atoms with Crippen LogP contribution in [0, 0.1) is 0 Å². The van der Waals surface area contributed by atoms with Crippen molar-refractivity contribution in [1.82, 2.24) is 34.1 Å². The number of para-hydroxylation sites is 2. The smallest absolute Gasteiger partial charge is 0.716 e. The van der Waals surface area contributed by atoms with Crippen molar-refractivity contribution in [1.29, 1.82) is 0 Å². The maximum Gasteiger partial charge on any atom is 1.00 e. The summed E-state index contributed by atoms with van der Waals surface area (Å²) in [6.45, 7) is 1.23. The Kier molecular flexibility index (Phi) is 17.8. The second kappa shape index (κ2) is 22.6. The summed E-state index contributed by atoms with van der Waals surface area (Å²) in [5.74, 6) is 0.500. The predicted molar refractivity (Wildman–Crippen MR) is 224 cm³/mol. The van der Waals surface area contributed by atoms with E-state index in [1.54, 1.807) is 69.9 Å². The number of aromatic nitrogens is 7. The van der Waals surface area contributed by atoms with Crippen molar-refractivity contribution in [3.8, 4) is 34.3 Å². The van der Waals surface area contributed by atoms with E-state index in [1.807, 2.05) is 6.20 Å². The minimum atomic E-state index is -4.94. The van der Waals surface area contributed by atoms with Crippen molar-refractivity contribution >= 4 is 42.6 Å². The molecule has 4 aromatic carbocycles. The second-order valence-electron chi connectivity index (χ2n) is 14.4. The van der Waals surface area contributed by atoms with E-state index in [4.69, 9.17) is 9.97 Å². The van der Waals surface area contributed by atoms with Crippen molar-refractivity contribution in [2.24, 2.45) is 0 Å². The van der Waals surface area contributed by atoms with Gasteiger partial charge in [0, 0.05) is 24.2 Å². The maximum atomic E-state index is 13.7. The molecule has 0 N–H and O–H groups in total. The second-order valence-corrected chi connectivity index (χ2v) is 16.4. The van der Waals surface area contributed by atoms with Crippen LogP contribution in [0.2, 0.25) is 0 Å². The van der Waals surface area contributed by atoms with Gasteiger partial charge in [0.2, 0.25) is 0 Å². The first-order valence-corrected chi connectivity index (χ1v) is 22.4. The van der Waals surface area contributed by atoms with Gasteiger partial charge in [-0.15, -0.1) is 5.10 Å². The van der Waals surface area contributed by atoms with E-state index in [0.29, 0.717) is 63.4 Å². The molecule has 0 spiro atoms. The van der Waals surface area contributed by atoms with E-state index in [2.05, 4.69) is 18.7 Å². The number of hydrogen-bond acceptors (Lipinski definition) is 14. The van der Waals surface area contributed by atoms with E-state index < -0.39 is 20.8 Å². The molecule has 0 aliphatic rings. The van der Waals surface area contributed by atoms with E-state index in [0.717, 1.165) is 57.8 Å². The summed E-state index contributed by atoms with van der Waals surface area (Å²) in [4.78, 5) is 36.6. The van der Waals surface area contributed by atoms with Crippen molar-refractivity contribution < 1.29 is 93.4 Å². The minimum absolute atomic E-state index is 0. The molecule has 0 radical (unpaired) electrons. The maximum absolute atomic E-state index is 13.7. The first-order valence-electron chi connectivity index (χ1n) is 19.7. The van der Waals surface area contributed by atoms with Gasteiger partial charge < -0.3 is 17.5 Å². The Morgan fingerprint density at radius 2 is 0.937 bits per heavy atom. The molecule has 0 aliphatic carbocycles. The van der Waals surface area contributed by atoms with Gasteiger partial charge in [0.05, 0.1) is 34.5 Å².